The van der Waals surface area contributed by atoms with Gasteiger partial charge in [-0.3, -0.25) is 4.79 Å². The van der Waals surface area contributed by atoms with Gasteiger partial charge >= 0.3 is 5.63 Å². The first-order chi connectivity index (χ1) is 11.3. The molecule has 2 rings (SSSR count). The molecule has 1 atom stereocenters. The molecule has 6 heteroatoms. The van der Waals surface area contributed by atoms with Gasteiger partial charge in [-0.1, -0.05) is 13.8 Å². The van der Waals surface area contributed by atoms with Crippen molar-refractivity contribution < 1.29 is 9.21 Å². The van der Waals surface area contributed by atoms with E-state index >= 15 is 0 Å². The number of nitrogens with zero attached hydrogens (tertiary/aromatic N) is 1. The van der Waals surface area contributed by atoms with Crippen LogP contribution in [0.4, 0.5) is 0 Å². The van der Waals surface area contributed by atoms with Crippen LogP contribution >= 0.6 is 0 Å². The van der Waals surface area contributed by atoms with Crippen molar-refractivity contribution in [1.29, 1.82) is 0 Å². The zero-order valence-electron chi connectivity index (χ0n) is 14.9. The van der Waals surface area contributed by atoms with Crippen molar-refractivity contribution in [3.05, 3.63) is 51.1 Å². The zero-order chi connectivity index (χ0) is 17.9. The van der Waals surface area contributed by atoms with Crippen LogP contribution in [0.2, 0.25) is 0 Å². The second-order valence-corrected chi connectivity index (χ2v) is 6.64. The Labute approximate surface area is 141 Å². The largest absolute Gasteiger partial charge is 0.427 e. The molecule has 0 spiro atoms. The Balaban J connectivity index is 2.15. The van der Waals surface area contributed by atoms with Crippen molar-refractivity contribution in [2.75, 3.05) is 0 Å². The molecule has 0 fully saturated rings. The van der Waals surface area contributed by atoms with Crippen molar-refractivity contribution in [2.45, 2.75) is 53.5 Å². The second kappa shape index (κ2) is 7.47. The van der Waals surface area contributed by atoms with E-state index in [2.05, 4.69) is 29.1 Å². The molecule has 0 bridgehead atoms. The lowest BCUT2D eigenvalue weighted by molar-refractivity contribution is 0.0933. The minimum absolute atomic E-state index is 0.0541. The molecule has 0 saturated carbocycles. The standard InChI is InChI=1S/C18H25N3O3/c1-10(2)6-7-14-8-11(3)15(18(23)24-14)17(22)21-13(5)16-19-9-12(4)20-16/h8-10,13H,6-7H2,1-5H3,(H,19,20)(H,21,22). The third-order valence-electron chi connectivity index (χ3n) is 3.88. The van der Waals surface area contributed by atoms with Gasteiger partial charge in [-0.05, 0) is 44.7 Å². The van der Waals surface area contributed by atoms with E-state index in [1.165, 1.54) is 0 Å². The Bertz CT molecular complexity index is 774. The fraction of sp³-hybridized carbons (Fsp3) is 0.500. The summed E-state index contributed by atoms with van der Waals surface area (Å²) in [6.07, 6.45) is 3.32. The molecule has 2 aromatic heterocycles. The molecule has 24 heavy (non-hydrogen) atoms. The fourth-order valence-corrected chi connectivity index (χ4v) is 2.49. The number of hydrogen-bond acceptors (Lipinski definition) is 4. The summed E-state index contributed by atoms with van der Waals surface area (Å²) in [4.78, 5) is 31.9. The highest BCUT2D eigenvalue weighted by molar-refractivity contribution is 5.95. The Morgan fingerprint density at radius 3 is 2.58 bits per heavy atom. The summed E-state index contributed by atoms with van der Waals surface area (Å²) in [5.41, 5.74) is 1.01. The number of hydrogen-bond donors (Lipinski definition) is 2. The van der Waals surface area contributed by atoms with Gasteiger partial charge in [-0.15, -0.1) is 0 Å². The van der Waals surface area contributed by atoms with Crippen LogP contribution in [0.5, 0.6) is 0 Å². The van der Waals surface area contributed by atoms with E-state index in [0.29, 0.717) is 29.5 Å². The van der Waals surface area contributed by atoms with Gasteiger partial charge < -0.3 is 14.7 Å². The van der Waals surface area contributed by atoms with Crippen LogP contribution in [-0.2, 0) is 6.42 Å². The normalized spacial score (nSPS) is 12.4. The third-order valence-corrected chi connectivity index (χ3v) is 3.88. The summed E-state index contributed by atoms with van der Waals surface area (Å²) in [6.45, 7) is 9.69. The van der Waals surface area contributed by atoms with E-state index in [4.69, 9.17) is 4.42 Å². The van der Waals surface area contributed by atoms with Crippen LogP contribution in [-0.4, -0.2) is 15.9 Å². The van der Waals surface area contributed by atoms with Crippen LogP contribution in [0.25, 0.3) is 0 Å². The molecular weight excluding hydrogens is 306 g/mol. The predicted octanol–water partition coefficient (Wildman–Crippen LogP) is 3.06. The van der Waals surface area contributed by atoms with Crippen molar-refractivity contribution in [3.8, 4) is 0 Å². The monoisotopic (exact) mass is 331 g/mol. The molecule has 130 valence electrons. The van der Waals surface area contributed by atoms with Crippen molar-refractivity contribution in [3.63, 3.8) is 0 Å². The van der Waals surface area contributed by atoms with E-state index in [9.17, 15) is 9.59 Å². The number of aromatic amines is 1. The maximum Gasteiger partial charge on any atom is 0.349 e. The number of carbonyl (C=O) groups is 1. The van der Waals surface area contributed by atoms with Gasteiger partial charge in [-0.25, -0.2) is 9.78 Å². The molecule has 6 nitrogen and oxygen atoms in total. The highest BCUT2D eigenvalue weighted by Crippen LogP contribution is 2.13. The number of nitrogens with one attached hydrogen (secondary N) is 2. The summed E-state index contributed by atoms with van der Waals surface area (Å²) in [7, 11) is 0. The lowest BCUT2D eigenvalue weighted by Gasteiger charge is -2.13. The van der Waals surface area contributed by atoms with Crippen molar-refractivity contribution in [1.82, 2.24) is 15.3 Å². The van der Waals surface area contributed by atoms with Gasteiger partial charge in [0.05, 0.1) is 6.04 Å². The van der Waals surface area contributed by atoms with Crippen LogP contribution in [0.15, 0.2) is 21.5 Å². The number of rotatable bonds is 6. The van der Waals surface area contributed by atoms with E-state index < -0.39 is 11.5 Å². The molecule has 0 aliphatic heterocycles. The summed E-state index contributed by atoms with van der Waals surface area (Å²) < 4.78 is 5.31. The van der Waals surface area contributed by atoms with Gasteiger partial charge in [-0.2, -0.15) is 0 Å². The first-order valence-electron chi connectivity index (χ1n) is 8.24. The van der Waals surface area contributed by atoms with E-state index in [0.717, 1.165) is 12.1 Å². The SMILES string of the molecule is Cc1cnc(C(C)NC(=O)c2c(C)cc(CCC(C)C)oc2=O)[nH]1. The van der Waals surface area contributed by atoms with Crippen LogP contribution in [0.1, 0.15) is 66.4 Å². The maximum atomic E-state index is 12.4. The molecule has 0 aliphatic carbocycles. The number of aromatic nitrogens is 2. The summed E-state index contributed by atoms with van der Waals surface area (Å²) in [5.74, 6) is 1.35. The minimum atomic E-state index is -0.589. The highest BCUT2D eigenvalue weighted by Gasteiger charge is 2.20. The molecule has 0 aromatic carbocycles. The third kappa shape index (κ3) is 4.34. The molecule has 2 aromatic rings. The molecule has 0 radical (unpaired) electrons. The number of aryl methyl sites for hydroxylation is 3. The Kier molecular flexibility index (Phi) is 5.59. The van der Waals surface area contributed by atoms with E-state index in [-0.39, 0.29) is 11.6 Å². The van der Waals surface area contributed by atoms with Crippen LogP contribution in [0.3, 0.4) is 0 Å². The van der Waals surface area contributed by atoms with Gasteiger partial charge in [0.2, 0.25) is 0 Å². The maximum absolute atomic E-state index is 12.4. The topological polar surface area (TPSA) is 88.0 Å². The Morgan fingerprint density at radius 1 is 1.33 bits per heavy atom. The van der Waals surface area contributed by atoms with E-state index in [1.807, 2.05) is 13.8 Å². The first kappa shape index (κ1) is 18.0. The molecule has 1 amide bonds. The zero-order valence-corrected chi connectivity index (χ0v) is 14.9. The smallest absolute Gasteiger partial charge is 0.349 e. The molecule has 0 aliphatic rings. The number of imidazole rings is 1. The number of H-pyrrole nitrogens is 1. The van der Waals surface area contributed by atoms with Crippen LogP contribution < -0.4 is 10.9 Å². The lowest BCUT2D eigenvalue weighted by atomic mass is 10.0. The minimum Gasteiger partial charge on any atom is -0.427 e. The average molecular weight is 331 g/mol. The summed E-state index contributed by atoms with van der Waals surface area (Å²) in [5, 5.41) is 2.78. The average Bonchev–Trinajstić information content (AvgIpc) is 2.91. The Morgan fingerprint density at radius 2 is 2.04 bits per heavy atom. The van der Waals surface area contributed by atoms with Gasteiger partial charge in [0.1, 0.15) is 17.1 Å². The molecule has 2 N–H and O–H groups in total. The first-order valence-corrected chi connectivity index (χ1v) is 8.24. The van der Waals surface area contributed by atoms with Crippen molar-refractivity contribution in [2.24, 2.45) is 5.92 Å². The summed E-state index contributed by atoms with van der Waals surface area (Å²) >= 11 is 0. The van der Waals surface area contributed by atoms with Gasteiger partial charge in [0, 0.05) is 18.3 Å². The summed E-state index contributed by atoms with van der Waals surface area (Å²) in [6, 6.07) is 1.45. The predicted molar refractivity (Wildman–Crippen MR) is 92.1 cm³/mol. The molecule has 0 saturated heterocycles. The highest BCUT2D eigenvalue weighted by atomic mass is 16.4. The lowest BCUT2D eigenvalue weighted by Crippen LogP contribution is -2.32. The number of carbonyl (C=O) groups excluding carboxylic acids is 1. The molecule has 2 heterocycles. The van der Waals surface area contributed by atoms with Crippen LogP contribution in [0, 0.1) is 19.8 Å². The molecule has 1 unspecified atom stereocenters. The quantitative estimate of drug-likeness (QED) is 0.851. The fourth-order valence-electron chi connectivity index (χ4n) is 2.49. The number of amides is 1. The molecular formula is C18H25N3O3. The van der Waals surface area contributed by atoms with Gasteiger partial charge in [0.25, 0.3) is 5.91 Å². The second-order valence-electron chi connectivity index (χ2n) is 6.64. The van der Waals surface area contributed by atoms with Crippen molar-refractivity contribution >= 4 is 5.91 Å². The Hall–Kier alpha value is -2.37. The van der Waals surface area contributed by atoms with E-state index in [1.54, 1.807) is 19.2 Å². The van der Waals surface area contributed by atoms with Gasteiger partial charge in [0.15, 0.2) is 0 Å².